The van der Waals surface area contributed by atoms with Gasteiger partial charge in [-0.3, -0.25) is 4.79 Å². The third-order valence-electron chi connectivity index (χ3n) is 5.84. The zero-order valence-corrected chi connectivity index (χ0v) is 17.9. The number of aryl methyl sites for hydroxylation is 1. The van der Waals surface area contributed by atoms with E-state index in [4.69, 9.17) is 4.98 Å². The third-order valence-corrected chi connectivity index (χ3v) is 5.84. The van der Waals surface area contributed by atoms with E-state index in [0.29, 0.717) is 23.1 Å². The van der Waals surface area contributed by atoms with Crippen molar-refractivity contribution in [3.8, 4) is 11.4 Å². The molecule has 0 bridgehead atoms. The Morgan fingerprint density at radius 1 is 1.03 bits per heavy atom. The summed E-state index contributed by atoms with van der Waals surface area (Å²) in [6.45, 7) is 5.88. The molecule has 5 nitrogen and oxygen atoms in total. The van der Waals surface area contributed by atoms with Crippen LogP contribution in [-0.4, -0.2) is 40.9 Å². The molecule has 2 aromatic carbocycles. The van der Waals surface area contributed by atoms with Gasteiger partial charge in [0.15, 0.2) is 5.82 Å². The van der Waals surface area contributed by atoms with Crippen molar-refractivity contribution in [1.82, 2.24) is 14.9 Å². The standard InChI is InChI=1S/C25H28N4O/c1-18-9-11-21(12-10-18)28(3)24-22(25(30)29-15-13-19(2)14-16-29)17-26-23(27-24)20-7-5-4-6-8-20/h4-12,17,19H,13-16H2,1-3H3. The van der Waals surface area contributed by atoms with Crippen LogP contribution in [0.1, 0.15) is 35.7 Å². The lowest BCUT2D eigenvalue weighted by Gasteiger charge is -2.31. The maximum absolute atomic E-state index is 13.4. The van der Waals surface area contributed by atoms with Gasteiger partial charge in [-0.15, -0.1) is 0 Å². The summed E-state index contributed by atoms with van der Waals surface area (Å²) in [6, 6.07) is 18.1. The van der Waals surface area contributed by atoms with Crippen molar-refractivity contribution in [3.05, 3.63) is 71.9 Å². The van der Waals surface area contributed by atoms with E-state index in [1.165, 1.54) is 5.56 Å². The molecule has 2 heterocycles. The number of aromatic nitrogens is 2. The van der Waals surface area contributed by atoms with Crippen molar-refractivity contribution in [1.29, 1.82) is 0 Å². The van der Waals surface area contributed by atoms with Crippen molar-refractivity contribution in [2.45, 2.75) is 26.7 Å². The Labute approximate surface area is 178 Å². The van der Waals surface area contributed by atoms with E-state index in [1.807, 2.05) is 47.2 Å². The molecule has 1 aliphatic heterocycles. The minimum absolute atomic E-state index is 0.00970. The molecule has 0 spiro atoms. The molecule has 4 rings (SSSR count). The zero-order valence-electron chi connectivity index (χ0n) is 17.9. The number of likely N-dealkylation sites (tertiary alicyclic amines) is 1. The molecule has 0 N–H and O–H groups in total. The van der Waals surface area contributed by atoms with Crippen LogP contribution in [0.5, 0.6) is 0 Å². The number of piperidine rings is 1. The number of hydrogen-bond acceptors (Lipinski definition) is 4. The molecule has 1 fully saturated rings. The first-order valence-electron chi connectivity index (χ1n) is 10.5. The number of nitrogens with zero attached hydrogens (tertiary/aromatic N) is 4. The summed E-state index contributed by atoms with van der Waals surface area (Å²) in [4.78, 5) is 26.7. The van der Waals surface area contributed by atoms with Gasteiger partial charge in [-0.05, 0) is 37.8 Å². The minimum atomic E-state index is 0.00970. The van der Waals surface area contributed by atoms with E-state index in [-0.39, 0.29) is 5.91 Å². The maximum Gasteiger partial charge on any atom is 0.259 e. The van der Waals surface area contributed by atoms with Crippen LogP contribution in [0.4, 0.5) is 11.5 Å². The van der Waals surface area contributed by atoms with Crippen molar-refractivity contribution < 1.29 is 4.79 Å². The highest BCUT2D eigenvalue weighted by Gasteiger charge is 2.26. The second-order valence-corrected chi connectivity index (χ2v) is 8.17. The van der Waals surface area contributed by atoms with Crippen LogP contribution in [0.25, 0.3) is 11.4 Å². The van der Waals surface area contributed by atoms with Gasteiger partial charge in [-0.2, -0.15) is 0 Å². The van der Waals surface area contributed by atoms with Crippen LogP contribution in [0.3, 0.4) is 0 Å². The number of rotatable bonds is 4. The molecule has 154 valence electrons. The smallest absolute Gasteiger partial charge is 0.259 e. The van der Waals surface area contributed by atoms with E-state index in [2.05, 4.69) is 43.1 Å². The van der Waals surface area contributed by atoms with Gasteiger partial charge >= 0.3 is 0 Å². The normalized spacial score (nSPS) is 14.6. The van der Waals surface area contributed by atoms with Crippen molar-refractivity contribution in [2.24, 2.45) is 5.92 Å². The monoisotopic (exact) mass is 400 g/mol. The van der Waals surface area contributed by atoms with Gasteiger partial charge in [0.2, 0.25) is 0 Å². The van der Waals surface area contributed by atoms with Crippen LogP contribution in [0.2, 0.25) is 0 Å². The summed E-state index contributed by atoms with van der Waals surface area (Å²) in [5.41, 5.74) is 3.66. The predicted molar refractivity (Wildman–Crippen MR) is 121 cm³/mol. The highest BCUT2D eigenvalue weighted by molar-refractivity contribution is 5.99. The largest absolute Gasteiger partial charge is 0.338 e. The molecule has 1 aliphatic rings. The molecule has 0 radical (unpaired) electrons. The van der Waals surface area contributed by atoms with Crippen molar-refractivity contribution >= 4 is 17.4 Å². The van der Waals surface area contributed by atoms with Gasteiger partial charge in [0, 0.05) is 37.6 Å². The minimum Gasteiger partial charge on any atom is -0.338 e. The van der Waals surface area contributed by atoms with Crippen LogP contribution in [0, 0.1) is 12.8 Å². The molecular formula is C25H28N4O. The molecule has 0 aliphatic carbocycles. The van der Waals surface area contributed by atoms with E-state index in [0.717, 1.165) is 37.2 Å². The Morgan fingerprint density at radius 2 is 1.70 bits per heavy atom. The molecule has 5 heteroatoms. The average molecular weight is 401 g/mol. The number of amides is 1. The summed E-state index contributed by atoms with van der Waals surface area (Å²) in [5.74, 6) is 1.93. The second kappa shape index (κ2) is 8.66. The molecule has 0 atom stereocenters. The molecule has 0 saturated carbocycles. The SMILES string of the molecule is Cc1ccc(N(C)c2nc(-c3ccccc3)ncc2C(=O)N2CCC(C)CC2)cc1. The Hall–Kier alpha value is -3.21. The molecule has 1 amide bonds. The van der Waals surface area contributed by atoms with Crippen LogP contribution in [-0.2, 0) is 0 Å². The Bertz CT molecular complexity index is 1010. The lowest BCUT2D eigenvalue weighted by Crippen LogP contribution is -2.38. The fraction of sp³-hybridized carbons (Fsp3) is 0.320. The fourth-order valence-electron chi connectivity index (χ4n) is 3.78. The molecule has 1 aromatic heterocycles. The summed E-state index contributed by atoms with van der Waals surface area (Å²) in [5, 5.41) is 0. The quantitative estimate of drug-likeness (QED) is 0.612. The summed E-state index contributed by atoms with van der Waals surface area (Å²) in [6.07, 6.45) is 3.77. The van der Waals surface area contributed by atoms with Crippen LogP contribution >= 0.6 is 0 Å². The summed E-state index contributed by atoms with van der Waals surface area (Å²) >= 11 is 0. The number of carbonyl (C=O) groups is 1. The lowest BCUT2D eigenvalue weighted by atomic mass is 9.99. The van der Waals surface area contributed by atoms with E-state index in [9.17, 15) is 4.79 Å². The Morgan fingerprint density at radius 3 is 2.37 bits per heavy atom. The van der Waals surface area contributed by atoms with E-state index >= 15 is 0 Å². The number of hydrogen-bond donors (Lipinski definition) is 0. The van der Waals surface area contributed by atoms with E-state index < -0.39 is 0 Å². The predicted octanol–water partition coefficient (Wildman–Crippen LogP) is 5.09. The average Bonchev–Trinajstić information content (AvgIpc) is 2.79. The lowest BCUT2D eigenvalue weighted by molar-refractivity contribution is 0.0697. The first-order valence-corrected chi connectivity index (χ1v) is 10.5. The van der Waals surface area contributed by atoms with Gasteiger partial charge in [-0.1, -0.05) is 55.0 Å². The molecule has 1 saturated heterocycles. The Balaban J connectivity index is 1.75. The topological polar surface area (TPSA) is 49.3 Å². The Kier molecular flexibility index (Phi) is 5.79. The highest BCUT2D eigenvalue weighted by Crippen LogP contribution is 2.29. The van der Waals surface area contributed by atoms with Crippen LogP contribution < -0.4 is 4.90 Å². The van der Waals surface area contributed by atoms with E-state index in [1.54, 1.807) is 6.20 Å². The van der Waals surface area contributed by atoms with Gasteiger partial charge < -0.3 is 9.80 Å². The summed E-state index contributed by atoms with van der Waals surface area (Å²) in [7, 11) is 1.96. The highest BCUT2D eigenvalue weighted by atomic mass is 16.2. The van der Waals surface area contributed by atoms with Crippen molar-refractivity contribution in [3.63, 3.8) is 0 Å². The molecule has 0 unspecified atom stereocenters. The van der Waals surface area contributed by atoms with Gasteiger partial charge in [0.05, 0.1) is 0 Å². The first kappa shape index (κ1) is 20.1. The third kappa shape index (κ3) is 4.20. The number of carbonyl (C=O) groups excluding carboxylic acids is 1. The number of anilines is 2. The maximum atomic E-state index is 13.4. The molecule has 3 aromatic rings. The first-order chi connectivity index (χ1) is 14.5. The van der Waals surface area contributed by atoms with Gasteiger partial charge in [0.1, 0.15) is 11.4 Å². The summed E-state index contributed by atoms with van der Waals surface area (Å²) < 4.78 is 0. The van der Waals surface area contributed by atoms with Gasteiger partial charge in [-0.25, -0.2) is 9.97 Å². The fourth-order valence-corrected chi connectivity index (χ4v) is 3.78. The second-order valence-electron chi connectivity index (χ2n) is 8.17. The number of benzene rings is 2. The van der Waals surface area contributed by atoms with Crippen molar-refractivity contribution in [2.75, 3.05) is 25.0 Å². The van der Waals surface area contributed by atoms with Gasteiger partial charge in [0.25, 0.3) is 5.91 Å². The molecular weight excluding hydrogens is 372 g/mol. The zero-order chi connectivity index (χ0) is 21.1. The molecule has 30 heavy (non-hydrogen) atoms. The van der Waals surface area contributed by atoms with Crippen LogP contribution in [0.15, 0.2) is 60.8 Å².